The van der Waals surface area contributed by atoms with E-state index in [0.29, 0.717) is 18.7 Å². The van der Waals surface area contributed by atoms with E-state index in [1.807, 2.05) is 0 Å². The third kappa shape index (κ3) is 4.19. The fraction of sp³-hybridized carbons (Fsp3) is 0.300. The number of fused-ring (bicyclic) bond motifs is 1. The van der Waals surface area contributed by atoms with Crippen LogP contribution < -0.4 is 19.7 Å². The van der Waals surface area contributed by atoms with E-state index in [1.54, 1.807) is 23.1 Å². The van der Waals surface area contributed by atoms with Crippen molar-refractivity contribution in [2.45, 2.75) is 24.7 Å². The smallest absolute Gasteiger partial charge is 0.261 e. The number of ether oxygens (including phenoxy) is 1. The Hall–Kier alpha value is -3.07. The molecule has 9 heteroatoms. The summed E-state index contributed by atoms with van der Waals surface area (Å²) in [7, 11) is -1.02. The Kier molecular flexibility index (Phi) is 5.78. The maximum atomic E-state index is 13.0. The van der Waals surface area contributed by atoms with Gasteiger partial charge in [0.2, 0.25) is 5.91 Å². The molecule has 0 saturated carbocycles. The lowest BCUT2D eigenvalue weighted by atomic mass is 10.0. The number of nitrogens with one attached hydrogen (secondary N) is 2. The van der Waals surface area contributed by atoms with Gasteiger partial charge in [-0.15, -0.1) is 0 Å². The van der Waals surface area contributed by atoms with E-state index in [9.17, 15) is 18.0 Å². The van der Waals surface area contributed by atoms with E-state index in [4.69, 9.17) is 4.74 Å². The molecule has 0 radical (unpaired) electrons. The summed E-state index contributed by atoms with van der Waals surface area (Å²) in [5, 5.41) is 2.49. The number of benzene rings is 2. The molecule has 8 nitrogen and oxygen atoms in total. The second kappa shape index (κ2) is 8.12. The van der Waals surface area contributed by atoms with Crippen LogP contribution in [-0.4, -0.2) is 40.9 Å². The standard InChI is InChI=1S/C20H23N3O5S/c1-13(24)23-10-4-5-14-11-16(7-9-19(14)23)29(26,27)22-18-8-6-15(28-3)12-17(18)20(25)21-2/h6-9,11-12,22H,4-5,10H2,1-3H3,(H,21,25). The molecule has 0 fully saturated rings. The van der Waals surface area contributed by atoms with E-state index in [2.05, 4.69) is 10.0 Å². The van der Waals surface area contributed by atoms with Gasteiger partial charge in [-0.2, -0.15) is 0 Å². The summed E-state index contributed by atoms with van der Waals surface area (Å²) in [6.45, 7) is 2.11. The van der Waals surface area contributed by atoms with Crippen LogP contribution in [0.25, 0.3) is 0 Å². The first kappa shape index (κ1) is 20.7. The molecule has 154 valence electrons. The van der Waals surface area contributed by atoms with Crippen molar-refractivity contribution in [3.63, 3.8) is 0 Å². The minimum atomic E-state index is -3.94. The van der Waals surface area contributed by atoms with Crippen molar-refractivity contribution < 1.29 is 22.7 Å². The van der Waals surface area contributed by atoms with Gasteiger partial charge in [0.1, 0.15) is 5.75 Å². The molecule has 2 aromatic rings. The number of amides is 2. The van der Waals surface area contributed by atoms with Crippen LogP contribution in [0, 0.1) is 0 Å². The largest absolute Gasteiger partial charge is 0.497 e. The predicted octanol–water partition coefficient (Wildman–Crippen LogP) is 2.15. The summed E-state index contributed by atoms with van der Waals surface area (Å²) < 4.78 is 33.5. The third-order valence-corrected chi connectivity index (χ3v) is 6.17. The molecule has 0 aliphatic carbocycles. The molecular weight excluding hydrogens is 394 g/mol. The molecule has 1 aliphatic rings. The fourth-order valence-corrected chi connectivity index (χ4v) is 4.46. The summed E-state index contributed by atoms with van der Waals surface area (Å²) >= 11 is 0. The SMILES string of the molecule is CNC(=O)c1cc(OC)ccc1NS(=O)(=O)c1ccc2c(c1)CCCN2C(C)=O. The lowest BCUT2D eigenvalue weighted by molar-refractivity contribution is -0.116. The Labute approximate surface area is 169 Å². The van der Waals surface area contributed by atoms with Crippen molar-refractivity contribution in [1.82, 2.24) is 5.32 Å². The Morgan fingerprint density at radius 3 is 2.55 bits per heavy atom. The van der Waals surface area contributed by atoms with Crippen LogP contribution >= 0.6 is 0 Å². The first-order valence-electron chi connectivity index (χ1n) is 9.11. The molecule has 0 atom stereocenters. The van der Waals surface area contributed by atoms with Crippen LogP contribution in [-0.2, 0) is 21.2 Å². The van der Waals surface area contributed by atoms with Gasteiger partial charge in [-0.3, -0.25) is 14.3 Å². The summed E-state index contributed by atoms with van der Waals surface area (Å²) in [5.41, 5.74) is 1.83. The predicted molar refractivity (Wildman–Crippen MR) is 110 cm³/mol. The van der Waals surface area contributed by atoms with Gasteiger partial charge in [0.25, 0.3) is 15.9 Å². The van der Waals surface area contributed by atoms with E-state index in [1.165, 1.54) is 39.3 Å². The number of anilines is 2. The molecule has 29 heavy (non-hydrogen) atoms. The second-order valence-corrected chi connectivity index (χ2v) is 8.34. The van der Waals surface area contributed by atoms with Gasteiger partial charge in [-0.05, 0) is 54.8 Å². The first-order valence-corrected chi connectivity index (χ1v) is 10.6. The van der Waals surface area contributed by atoms with Crippen molar-refractivity contribution in [2.24, 2.45) is 0 Å². The number of nitrogens with zero attached hydrogens (tertiary/aromatic N) is 1. The number of sulfonamides is 1. The van der Waals surface area contributed by atoms with E-state index in [0.717, 1.165) is 17.7 Å². The number of hydrogen-bond donors (Lipinski definition) is 2. The number of carbonyl (C=O) groups excluding carboxylic acids is 2. The Morgan fingerprint density at radius 1 is 1.14 bits per heavy atom. The van der Waals surface area contributed by atoms with Crippen molar-refractivity contribution in [2.75, 3.05) is 30.3 Å². The average Bonchev–Trinajstić information content (AvgIpc) is 2.72. The topological polar surface area (TPSA) is 105 Å². The zero-order valence-corrected chi connectivity index (χ0v) is 17.3. The number of hydrogen-bond acceptors (Lipinski definition) is 5. The van der Waals surface area contributed by atoms with Gasteiger partial charge in [-0.25, -0.2) is 8.42 Å². The maximum Gasteiger partial charge on any atom is 0.261 e. The molecule has 1 aliphatic heterocycles. The fourth-order valence-electron chi connectivity index (χ4n) is 3.33. The summed E-state index contributed by atoms with van der Waals surface area (Å²) in [6.07, 6.45) is 1.46. The third-order valence-electron chi connectivity index (χ3n) is 4.80. The van der Waals surface area contributed by atoms with E-state index < -0.39 is 15.9 Å². The zero-order valence-electron chi connectivity index (χ0n) is 16.5. The van der Waals surface area contributed by atoms with Crippen LogP contribution in [0.1, 0.15) is 29.3 Å². The Morgan fingerprint density at radius 2 is 1.90 bits per heavy atom. The number of methoxy groups -OCH3 is 1. The average molecular weight is 417 g/mol. The quantitative estimate of drug-likeness (QED) is 0.776. The van der Waals surface area contributed by atoms with Gasteiger partial charge in [-0.1, -0.05) is 0 Å². The van der Waals surface area contributed by atoms with Crippen LogP contribution in [0.15, 0.2) is 41.3 Å². The summed E-state index contributed by atoms with van der Waals surface area (Å²) in [5.74, 6) is -0.0815. The van der Waals surface area contributed by atoms with Gasteiger partial charge in [0, 0.05) is 26.2 Å². The maximum absolute atomic E-state index is 13.0. The van der Waals surface area contributed by atoms with Crippen molar-refractivity contribution in [1.29, 1.82) is 0 Å². The molecule has 0 bridgehead atoms. The molecule has 2 N–H and O–H groups in total. The zero-order chi connectivity index (χ0) is 21.2. The van der Waals surface area contributed by atoms with Crippen molar-refractivity contribution in [3.05, 3.63) is 47.5 Å². The lowest BCUT2D eigenvalue weighted by Crippen LogP contribution is -2.33. The first-order chi connectivity index (χ1) is 13.8. The minimum absolute atomic E-state index is 0.0697. The van der Waals surface area contributed by atoms with Crippen LogP contribution in [0.5, 0.6) is 5.75 Å². The van der Waals surface area contributed by atoms with Crippen LogP contribution in [0.4, 0.5) is 11.4 Å². The molecule has 2 amide bonds. The Balaban J connectivity index is 1.97. The van der Waals surface area contributed by atoms with Crippen molar-refractivity contribution in [3.8, 4) is 5.75 Å². The highest BCUT2D eigenvalue weighted by Gasteiger charge is 2.24. The van der Waals surface area contributed by atoms with Gasteiger partial charge < -0.3 is 15.0 Å². The normalized spacial score (nSPS) is 13.4. The van der Waals surface area contributed by atoms with Gasteiger partial charge >= 0.3 is 0 Å². The lowest BCUT2D eigenvalue weighted by Gasteiger charge is -2.28. The van der Waals surface area contributed by atoms with E-state index >= 15 is 0 Å². The number of rotatable bonds is 5. The molecule has 0 saturated heterocycles. The summed E-state index contributed by atoms with van der Waals surface area (Å²) in [6, 6.07) is 9.21. The molecule has 3 rings (SSSR count). The van der Waals surface area contributed by atoms with Crippen molar-refractivity contribution >= 4 is 33.2 Å². The van der Waals surface area contributed by atoms with Crippen LogP contribution in [0.2, 0.25) is 0 Å². The second-order valence-electron chi connectivity index (χ2n) is 6.66. The molecule has 0 aromatic heterocycles. The molecule has 2 aromatic carbocycles. The highest BCUT2D eigenvalue weighted by atomic mass is 32.2. The highest BCUT2D eigenvalue weighted by molar-refractivity contribution is 7.92. The van der Waals surface area contributed by atoms with E-state index in [-0.39, 0.29) is 22.1 Å². The number of aryl methyl sites for hydroxylation is 1. The monoisotopic (exact) mass is 417 g/mol. The molecule has 0 unspecified atom stereocenters. The number of carbonyl (C=O) groups is 2. The molecule has 1 heterocycles. The van der Waals surface area contributed by atoms with Gasteiger partial charge in [0.05, 0.1) is 23.3 Å². The molecule has 0 spiro atoms. The minimum Gasteiger partial charge on any atom is -0.497 e. The highest BCUT2D eigenvalue weighted by Crippen LogP contribution is 2.31. The van der Waals surface area contributed by atoms with Crippen LogP contribution in [0.3, 0.4) is 0 Å². The Bertz CT molecular complexity index is 1070. The van der Waals surface area contributed by atoms with Gasteiger partial charge in [0.15, 0.2) is 0 Å². The molecular formula is C20H23N3O5S. The summed E-state index contributed by atoms with van der Waals surface area (Å²) in [4.78, 5) is 25.7.